The Hall–Kier alpha value is -2.00. The second-order valence-electron chi connectivity index (χ2n) is 8.29. The number of carbonyl (C=O) groups is 1. The van der Waals surface area contributed by atoms with Gasteiger partial charge in [-0.1, -0.05) is 62.7 Å². The van der Waals surface area contributed by atoms with E-state index in [4.69, 9.17) is 11.6 Å². The average molecular weight is 385 g/mol. The summed E-state index contributed by atoms with van der Waals surface area (Å²) < 4.78 is 0. The molecule has 0 unspecified atom stereocenters. The zero-order chi connectivity index (χ0) is 19.4. The fourth-order valence-corrected chi connectivity index (χ4v) is 3.65. The van der Waals surface area contributed by atoms with Crippen molar-refractivity contribution in [2.24, 2.45) is 0 Å². The Morgan fingerprint density at radius 3 is 2.26 bits per heavy atom. The summed E-state index contributed by atoms with van der Waals surface area (Å²) in [6, 6.07) is 16.6. The molecule has 3 nitrogen and oxygen atoms in total. The molecule has 1 heterocycles. The standard InChI is InChI=1S/C23H29ClN2O/c1-23(2,3)19-10-7-18(8-11-19)9-12-22(27)26-15-13-25(14-16-26)21-6-4-5-20(24)17-21/h4-8,10-11,17H,9,12-16H2,1-3H3. The molecule has 0 radical (unpaired) electrons. The highest BCUT2D eigenvalue weighted by Gasteiger charge is 2.21. The van der Waals surface area contributed by atoms with Crippen LogP contribution in [0.5, 0.6) is 0 Å². The molecule has 0 aliphatic carbocycles. The lowest BCUT2D eigenvalue weighted by molar-refractivity contribution is -0.131. The van der Waals surface area contributed by atoms with Crippen LogP contribution in [0.4, 0.5) is 5.69 Å². The molecule has 1 saturated heterocycles. The molecule has 0 bridgehead atoms. The molecule has 1 fully saturated rings. The number of carbonyl (C=O) groups excluding carboxylic acids is 1. The van der Waals surface area contributed by atoms with Gasteiger partial charge in [0.2, 0.25) is 5.91 Å². The van der Waals surface area contributed by atoms with Crippen molar-refractivity contribution in [2.45, 2.75) is 39.0 Å². The summed E-state index contributed by atoms with van der Waals surface area (Å²) in [6.45, 7) is 9.90. The van der Waals surface area contributed by atoms with Gasteiger partial charge in [-0.2, -0.15) is 0 Å². The van der Waals surface area contributed by atoms with Crippen molar-refractivity contribution in [3.8, 4) is 0 Å². The third kappa shape index (κ3) is 5.26. The predicted molar refractivity (Wildman–Crippen MR) is 114 cm³/mol. The SMILES string of the molecule is CC(C)(C)c1ccc(CCC(=O)N2CCN(c3cccc(Cl)c3)CC2)cc1. The first kappa shape index (κ1) is 19.8. The number of amides is 1. The molecule has 0 aromatic heterocycles. The van der Waals surface area contributed by atoms with Crippen LogP contribution >= 0.6 is 11.6 Å². The quantitative estimate of drug-likeness (QED) is 0.747. The summed E-state index contributed by atoms with van der Waals surface area (Å²) >= 11 is 6.09. The summed E-state index contributed by atoms with van der Waals surface area (Å²) in [5, 5.41) is 0.753. The lowest BCUT2D eigenvalue weighted by Crippen LogP contribution is -2.48. The van der Waals surface area contributed by atoms with Gasteiger partial charge in [-0.3, -0.25) is 4.79 Å². The zero-order valence-electron chi connectivity index (χ0n) is 16.5. The summed E-state index contributed by atoms with van der Waals surface area (Å²) in [7, 11) is 0. The number of rotatable bonds is 4. The number of hydrogen-bond acceptors (Lipinski definition) is 2. The lowest BCUT2D eigenvalue weighted by Gasteiger charge is -2.36. The van der Waals surface area contributed by atoms with E-state index in [0.29, 0.717) is 6.42 Å². The van der Waals surface area contributed by atoms with Gasteiger partial charge in [-0.05, 0) is 41.2 Å². The van der Waals surface area contributed by atoms with Gasteiger partial charge >= 0.3 is 0 Å². The predicted octanol–water partition coefficient (Wildman–Crippen LogP) is 4.92. The van der Waals surface area contributed by atoms with Crippen LogP contribution in [0.15, 0.2) is 48.5 Å². The molecule has 1 aliphatic rings. The van der Waals surface area contributed by atoms with Crippen LogP contribution in [0.25, 0.3) is 0 Å². The summed E-state index contributed by atoms with van der Waals surface area (Å²) in [6.07, 6.45) is 1.38. The third-order valence-electron chi connectivity index (χ3n) is 5.25. The number of nitrogens with zero attached hydrogens (tertiary/aromatic N) is 2. The summed E-state index contributed by atoms with van der Waals surface area (Å²) in [5.74, 6) is 0.251. The maximum atomic E-state index is 12.6. The van der Waals surface area contributed by atoms with Gasteiger partial charge < -0.3 is 9.80 Å². The Balaban J connectivity index is 1.48. The van der Waals surface area contributed by atoms with Crippen molar-refractivity contribution in [3.63, 3.8) is 0 Å². The molecule has 2 aromatic rings. The highest BCUT2D eigenvalue weighted by atomic mass is 35.5. The molecule has 0 N–H and O–H groups in total. The first-order valence-electron chi connectivity index (χ1n) is 9.71. The average Bonchev–Trinajstić information content (AvgIpc) is 2.66. The molecule has 27 heavy (non-hydrogen) atoms. The van der Waals surface area contributed by atoms with E-state index in [2.05, 4.69) is 56.0 Å². The van der Waals surface area contributed by atoms with Gasteiger partial charge in [0.15, 0.2) is 0 Å². The van der Waals surface area contributed by atoms with Crippen molar-refractivity contribution in [2.75, 3.05) is 31.1 Å². The van der Waals surface area contributed by atoms with Gasteiger partial charge in [0.25, 0.3) is 0 Å². The maximum Gasteiger partial charge on any atom is 0.223 e. The largest absolute Gasteiger partial charge is 0.368 e. The smallest absolute Gasteiger partial charge is 0.223 e. The molecule has 2 aromatic carbocycles. The van der Waals surface area contributed by atoms with E-state index in [1.54, 1.807) is 0 Å². The summed E-state index contributed by atoms with van der Waals surface area (Å²) in [4.78, 5) is 16.9. The van der Waals surface area contributed by atoms with Gasteiger partial charge in [-0.25, -0.2) is 0 Å². The highest BCUT2D eigenvalue weighted by molar-refractivity contribution is 6.30. The first-order valence-corrected chi connectivity index (χ1v) is 10.1. The third-order valence-corrected chi connectivity index (χ3v) is 5.49. The van der Waals surface area contributed by atoms with Gasteiger partial charge in [0.1, 0.15) is 0 Å². The Bertz CT molecular complexity index is 772. The minimum Gasteiger partial charge on any atom is -0.368 e. The molecule has 4 heteroatoms. The summed E-state index contributed by atoms with van der Waals surface area (Å²) in [5.41, 5.74) is 3.86. The Morgan fingerprint density at radius 2 is 1.67 bits per heavy atom. The van der Waals surface area contributed by atoms with Crippen LogP contribution in [0.1, 0.15) is 38.3 Å². The number of piperazine rings is 1. The van der Waals surface area contributed by atoms with E-state index in [0.717, 1.165) is 43.3 Å². The lowest BCUT2D eigenvalue weighted by atomic mass is 9.86. The van der Waals surface area contributed by atoms with Crippen molar-refractivity contribution in [1.29, 1.82) is 0 Å². The number of benzene rings is 2. The number of aryl methyl sites for hydroxylation is 1. The molecule has 0 saturated carbocycles. The number of halogens is 1. The number of hydrogen-bond donors (Lipinski definition) is 0. The van der Waals surface area contributed by atoms with Gasteiger partial charge in [0.05, 0.1) is 0 Å². The van der Waals surface area contributed by atoms with Crippen molar-refractivity contribution >= 4 is 23.2 Å². The minimum absolute atomic E-state index is 0.164. The first-order chi connectivity index (χ1) is 12.8. The minimum atomic E-state index is 0.164. The van der Waals surface area contributed by atoms with E-state index in [1.165, 1.54) is 11.1 Å². The number of anilines is 1. The van der Waals surface area contributed by atoms with Crippen LogP contribution in [0.3, 0.4) is 0 Å². The zero-order valence-corrected chi connectivity index (χ0v) is 17.3. The molecule has 1 amide bonds. The highest BCUT2D eigenvalue weighted by Crippen LogP contribution is 2.23. The van der Waals surface area contributed by atoms with Gasteiger partial charge in [-0.15, -0.1) is 0 Å². The van der Waals surface area contributed by atoms with Crippen molar-refractivity contribution in [3.05, 3.63) is 64.7 Å². The van der Waals surface area contributed by atoms with Crippen LogP contribution in [-0.4, -0.2) is 37.0 Å². The van der Waals surface area contributed by atoms with Crippen LogP contribution in [0.2, 0.25) is 5.02 Å². The van der Waals surface area contributed by atoms with Crippen molar-refractivity contribution < 1.29 is 4.79 Å². The van der Waals surface area contributed by atoms with E-state index in [-0.39, 0.29) is 11.3 Å². The molecular weight excluding hydrogens is 356 g/mol. The van der Waals surface area contributed by atoms with Crippen LogP contribution in [-0.2, 0) is 16.6 Å². The molecule has 0 atom stereocenters. The van der Waals surface area contributed by atoms with E-state index < -0.39 is 0 Å². The van der Waals surface area contributed by atoms with E-state index in [1.807, 2.05) is 23.1 Å². The fourth-order valence-electron chi connectivity index (χ4n) is 3.47. The van der Waals surface area contributed by atoms with Crippen molar-refractivity contribution in [1.82, 2.24) is 4.90 Å². The normalized spacial score (nSPS) is 15.1. The van der Waals surface area contributed by atoms with E-state index in [9.17, 15) is 4.79 Å². The Morgan fingerprint density at radius 1 is 1.00 bits per heavy atom. The van der Waals surface area contributed by atoms with Crippen LogP contribution < -0.4 is 4.90 Å². The van der Waals surface area contributed by atoms with Gasteiger partial charge in [0, 0.05) is 43.3 Å². The second-order valence-corrected chi connectivity index (χ2v) is 8.73. The Labute approximate surface area is 167 Å². The topological polar surface area (TPSA) is 23.6 Å². The molecule has 1 aliphatic heterocycles. The molecule has 144 valence electrons. The molecular formula is C23H29ClN2O. The maximum absolute atomic E-state index is 12.6. The van der Waals surface area contributed by atoms with E-state index >= 15 is 0 Å². The Kier molecular flexibility index (Phi) is 6.11. The second kappa shape index (κ2) is 8.35. The monoisotopic (exact) mass is 384 g/mol. The molecule has 0 spiro atoms. The molecule has 3 rings (SSSR count). The fraction of sp³-hybridized carbons (Fsp3) is 0.435. The van der Waals surface area contributed by atoms with Crippen LogP contribution in [0, 0.1) is 0 Å².